The Morgan fingerprint density at radius 1 is 1.58 bits per heavy atom. The Hall–Kier alpha value is -1.10. The van der Waals surface area contributed by atoms with E-state index in [-0.39, 0.29) is 5.91 Å². The minimum Gasteiger partial charge on any atom is -0.481 e. The Balaban J connectivity index is 2.35. The summed E-state index contributed by atoms with van der Waals surface area (Å²) in [6.45, 7) is 2.20. The predicted octanol–water partition coefficient (Wildman–Crippen LogP) is -1.12. The van der Waals surface area contributed by atoms with Gasteiger partial charge in [-0.2, -0.15) is 0 Å². The second-order valence-electron chi connectivity index (χ2n) is 3.07. The first-order valence-corrected chi connectivity index (χ1v) is 3.79. The van der Waals surface area contributed by atoms with E-state index >= 15 is 0 Å². The van der Waals surface area contributed by atoms with Crippen molar-refractivity contribution in [1.82, 2.24) is 4.90 Å². The van der Waals surface area contributed by atoms with Crippen LogP contribution in [0.15, 0.2) is 0 Å². The van der Waals surface area contributed by atoms with Crippen molar-refractivity contribution in [2.24, 2.45) is 11.7 Å². The number of nitrogens with two attached hydrogens (primary N) is 1. The van der Waals surface area contributed by atoms with Crippen molar-refractivity contribution in [3.63, 3.8) is 0 Å². The summed E-state index contributed by atoms with van der Waals surface area (Å²) < 4.78 is 0. The molecule has 0 unspecified atom stereocenters. The van der Waals surface area contributed by atoms with Gasteiger partial charge < -0.3 is 15.7 Å². The number of aliphatic carboxylic acids is 1. The number of likely N-dealkylation sites (tertiary alicyclic amines) is 1. The number of carboxylic acids is 1. The smallest absolute Gasteiger partial charge is 0.310 e. The summed E-state index contributed by atoms with van der Waals surface area (Å²) in [7, 11) is 0. The average molecular weight is 172 g/mol. The van der Waals surface area contributed by atoms with Crippen molar-refractivity contribution in [1.29, 1.82) is 0 Å². The number of carboxylic acid groups (broad SMARTS) is 1. The fraction of sp³-hybridized carbons (Fsp3) is 0.714. The molecule has 1 amide bonds. The van der Waals surface area contributed by atoms with Crippen molar-refractivity contribution in [2.75, 3.05) is 13.1 Å². The van der Waals surface area contributed by atoms with Gasteiger partial charge in [0.25, 0.3) is 0 Å². The molecule has 12 heavy (non-hydrogen) atoms. The van der Waals surface area contributed by atoms with Crippen molar-refractivity contribution >= 4 is 11.9 Å². The van der Waals surface area contributed by atoms with Crippen LogP contribution < -0.4 is 5.73 Å². The van der Waals surface area contributed by atoms with E-state index in [9.17, 15) is 9.59 Å². The summed E-state index contributed by atoms with van der Waals surface area (Å²) in [5.74, 6) is -1.41. The second-order valence-corrected chi connectivity index (χ2v) is 3.07. The van der Waals surface area contributed by atoms with E-state index in [0.717, 1.165) is 0 Å². The minimum absolute atomic E-state index is 0.174. The van der Waals surface area contributed by atoms with Crippen LogP contribution in [0, 0.1) is 5.92 Å². The number of rotatable bonds is 2. The molecule has 1 saturated heterocycles. The first-order valence-electron chi connectivity index (χ1n) is 3.79. The zero-order valence-electron chi connectivity index (χ0n) is 6.86. The van der Waals surface area contributed by atoms with Crippen LogP contribution in [0.5, 0.6) is 0 Å². The average Bonchev–Trinajstić information content (AvgIpc) is 1.82. The van der Waals surface area contributed by atoms with E-state index in [1.807, 2.05) is 0 Å². The van der Waals surface area contributed by atoms with Crippen molar-refractivity contribution in [3.8, 4) is 0 Å². The van der Waals surface area contributed by atoms with Gasteiger partial charge in [0, 0.05) is 13.1 Å². The summed E-state index contributed by atoms with van der Waals surface area (Å²) >= 11 is 0. The molecule has 1 aliphatic heterocycles. The highest BCUT2D eigenvalue weighted by Gasteiger charge is 2.36. The molecule has 1 fully saturated rings. The van der Waals surface area contributed by atoms with Gasteiger partial charge in [0.15, 0.2) is 0 Å². The molecule has 1 atom stereocenters. The maximum atomic E-state index is 11.1. The van der Waals surface area contributed by atoms with Gasteiger partial charge in [-0.15, -0.1) is 0 Å². The van der Waals surface area contributed by atoms with Crippen molar-refractivity contribution < 1.29 is 14.7 Å². The standard InChI is InChI=1S/C7H12N2O3/c1-4(8)6(10)9-2-5(3-9)7(11)12/h4-5H,2-3,8H2,1H3,(H,11,12)/t4-/m1/s1. The molecule has 3 N–H and O–H groups in total. The van der Waals surface area contributed by atoms with E-state index in [4.69, 9.17) is 10.8 Å². The Morgan fingerprint density at radius 3 is 2.42 bits per heavy atom. The summed E-state index contributed by atoms with van der Waals surface area (Å²) in [6, 6.07) is -0.528. The van der Waals surface area contributed by atoms with Crippen molar-refractivity contribution in [3.05, 3.63) is 0 Å². The van der Waals surface area contributed by atoms with Crippen molar-refractivity contribution in [2.45, 2.75) is 13.0 Å². The zero-order valence-corrected chi connectivity index (χ0v) is 6.86. The van der Waals surface area contributed by atoms with Crippen LogP contribution in [0.1, 0.15) is 6.92 Å². The normalized spacial score (nSPS) is 20.0. The van der Waals surface area contributed by atoms with Crippen LogP contribution in [-0.2, 0) is 9.59 Å². The molecule has 0 aromatic rings. The lowest BCUT2D eigenvalue weighted by molar-refractivity contribution is -0.153. The lowest BCUT2D eigenvalue weighted by atomic mass is 10.00. The largest absolute Gasteiger partial charge is 0.481 e. The number of carbonyl (C=O) groups is 2. The predicted molar refractivity (Wildman–Crippen MR) is 41.4 cm³/mol. The number of hydrogen-bond donors (Lipinski definition) is 2. The van der Waals surface area contributed by atoms with E-state index in [1.165, 1.54) is 4.90 Å². The molecule has 1 rings (SSSR count). The highest BCUT2D eigenvalue weighted by atomic mass is 16.4. The number of amides is 1. The van der Waals surface area contributed by atoms with Gasteiger partial charge in [-0.25, -0.2) is 0 Å². The highest BCUT2D eigenvalue weighted by molar-refractivity contribution is 5.84. The monoisotopic (exact) mass is 172 g/mol. The first-order chi connectivity index (χ1) is 5.52. The molecule has 0 radical (unpaired) electrons. The van der Waals surface area contributed by atoms with Gasteiger partial charge >= 0.3 is 5.97 Å². The van der Waals surface area contributed by atoms with E-state index in [2.05, 4.69) is 0 Å². The third kappa shape index (κ3) is 1.55. The Labute approximate surface area is 70.1 Å². The second kappa shape index (κ2) is 3.10. The molecule has 0 spiro atoms. The molecule has 0 saturated carbocycles. The van der Waals surface area contributed by atoms with Gasteiger partial charge in [-0.05, 0) is 6.92 Å². The van der Waals surface area contributed by atoms with E-state index in [0.29, 0.717) is 13.1 Å². The molecule has 5 heteroatoms. The van der Waals surface area contributed by atoms with Gasteiger partial charge in [0.1, 0.15) is 0 Å². The third-order valence-corrected chi connectivity index (χ3v) is 1.93. The zero-order chi connectivity index (χ0) is 9.30. The van der Waals surface area contributed by atoms with Crippen LogP contribution in [0.4, 0.5) is 0 Å². The summed E-state index contributed by atoms with van der Waals surface area (Å²) in [5.41, 5.74) is 5.33. The Bertz CT molecular complexity index is 209. The molecule has 1 heterocycles. The summed E-state index contributed by atoms with van der Waals surface area (Å²) in [4.78, 5) is 22.9. The van der Waals surface area contributed by atoms with Crippen LogP contribution in [0.25, 0.3) is 0 Å². The Morgan fingerprint density at radius 2 is 2.08 bits per heavy atom. The van der Waals surface area contributed by atoms with Gasteiger partial charge in [0.05, 0.1) is 12.0 Å². The molecule has 68 valence electrons. The molecule has 0 aromatic heterocycles. The molecule has 0 aromatic carbocycles. The van der Waals surface area contributed by atoms with Crippen LogP contribution in [0.2, 0.25) is 0 Å². The quantitative estimate of drug-likeness (QED) is 0.552. The maximum Gasteiger partial charge on any atom is 0.310 e. The molecular formula is C7H12N2O3. The Kier molecular flexibility index (Phi) is 2.32. The van der Waals surface area contributed by atoms with Crippen LogP contribution in [0.3, 0.4) is 0 Å². The van der Waals surface area contributed by atoms with Gasteiger partial charge in [-0.1, -0.05) is 0 Å². The molecular weight excluding hydrogens is 160 g/mol. The summed E-state index contributed by atoms with van der Waals surface area (Å²) in [5, 5.41) is 8.50. The summed E-state index contributed by atoms with van der Waals surface area (Å²) in [6.07, 6.45) is 0. The fourth-order valence-corrected chi connectivity index (χ4v) is 1.10. The SMILES string of the molecule is C[C@@H](N)C(=O)N1CC(C(=O)O)C1. The molecule has 5 nitrogen and oxygen atoms in total. The van der Waals surface area contributed by atoms with Crippen LogP contribution in [-0.4, -0.2) is 41.0 Å². The minimum atomic E-state index is -0.844. The maximum absolute atomic E-state index is 11.1. The van der Waals surface area contributed by atoms with Gasteiger partial charge in [0.2, 0.25) is 5.91 Å². The van der Waals surface area contributed by atoms with E-state index < -0.39 is 17.9 Å². The lowest BCUT2D eigenvalue weighted by Crippen LogP contribution is -2.56. The lowest BCUT2D eigenvalue weighted by Gasteiger charge is -2.37. The topological polar surface area (TPSA) is 83.6 Å². The molecule has 0 bridgehead atoms. The molecule has 0 aliphatic carbocycles. The number of carbonyl (C=O) groups excluding carboxylic acids is 1. The first kappa shape index (κ1) is 8.99. The molecule has 1 aliphatic rings. The van der Waals surface area contributed by atoms with E-state index in [1.54, 1.807) is 6.92 Å². The van der Waals surface area contributed by atoms with Gasteiger partial charge in [-0.3, -0.25) is 9.59 Å². The number of nitrogens with zero attached hydrogens (tertiary/aromatic N) is 1. The third-order valence-electron chi connectivity index (χ3n) is 1.93. The van der Waals surface area contributed by atoms with Crippen LogP contribution >= 0.6 is 0 Å². The number of hydrogen-bond acceptors (Lipinski definition) is 3. The highest BCUT2D eigenvalue weighted by Crippen LogP contribution is 2.15. The fourth-order valence-electron chi connectivity index (χ4n) is 1.10.